The number of carbonyl (C=O) groups excluding carboxylic acids is 2. The maximum absolute atomic E-state index is 12.8. The first kappa shape index (κ1) is 18.0. The van der Waals surface area contributed by atoms with Crippen LogP contribution in [0.3, 0.4) is 0 Å². The van der Waals surface area contributed by atoms with Crippen LogP contribution in [0, 0.1) is 0 Å². The van der Waals surface area contributed by atoms with Gasteiger partial charge in [0.25, 0.3) is 0 Å². The van der Waals surface area contributed by atoms with Crippen LogP contribution in [-0.4, -0.2) is 24.1 Å². The van der Waals surface area contributed by atoms with E-state index in [-0.39, 0.29) is 11.6 Å². The van der Waals surface area contributed by atoms with Gasteiger partial charge >= 0.3 is 18.0 Å². The molecule has 130 valence electrons. The van der Waals surface area contributed by atoms with Gasteiger partial charge in [0.15, 0.2) is 0 Å². The molecule has 1 aliphatic rings. The minimum atomic E-state index is -4.52. The third-order valence-electron chi connectivity index (χ3n) is 3.78. The van der Waals surface area contributed by atoms with Gasteiger partial charge in [-0.05, 0) is 18.9 Å². The molecule has 8 heteroatoms. The number of hydrogen-bond donors (Lipinski definition) is 2. The summed E-state index contributed by atoms with van der Waals surface area (Å²) in [6.45, 7) is 0. The molecule has 2 rings (SSSR count). The Morgan fingerprint density at radius 1 is 1.08 bits per heavy atom. The van der Waals surface area contributed by atoms with Crippen molar-refractivity contribution >= 4 is 18.0 Å². The number of carbonyl (C=O) groups is 2. The monoisotopic (exact) mass is 341 g/mol. The van der Waals surface area contributed by atoms with E-state index in [4.69, 9.17) is 0 Å². The van der Waals surface area contributed by atoms with Gasteiger partial charge < -0.3 is 5.32 Å². The summed E-state index contributed by atoms with van der Waals surface area (Å²) in [5, 5.41) is 6.04. The van der Waals surface area contributed by atoms with Crippen molar-refractivity contribution < 1.29 is 22.8 Å². The molecule has 0 spiro atoms. The average Bonchev–Trinajstić information content (AvgIpc) is 2.55. The van der Waals surface area contributed by atoms with E-state index in [1.54, 1.807) is 0 Å². The minimum absolute atomic E-state index is 0.0352. The number of halogens is 3. The highest BCUT2D eigenvalue weighted by atomic mass is 19.4. The number of hydrogen-bond acceptors (Lipinski definition) is 3. The summed E-state index contributed by atoms with van der Waals surface area (Å²) < 4.78 is 38.4. The summed E-state index contributed by atoms with van der Waals surface area (Å²) >= 11 is 0. The van der Waals surface area contributed by atoms with Crippen LogP contribution in [-0.2, 0) is 15.8 Å². The highest BCUT2D eigenvalue weighted by Crippen LogP contribution is 2.31. The molecule has 1 aliphatic carbocycles. The maximum atomic E-state index is 12.8. The van der Waals surface area contributed by atoms with E-state index in [1.807, 2.05) is 5.43 Å². The van der Waals surface area contributed by atoms with Crippen LogP contribution in [0.5, 0.6) is 0 Å². The fraction of sp³-hybridized carbons (Fsp3) is 0.438. The summed E-state index contributed by atoms with van der Waals surface area (Å²) in [5.74, 6) is -1.83. The van der Waals surface area contributed by atoms with E-state index in [1.165, 1.54) is 18.2 Å². The fourth-order valence-electron chi connectivity index (χ4n) is 2.58. The van der Waals surface area contributed by atoms with Gasteiger partial charge in [-0.25, -0.2) is 5.43 Å². The summed E-state index contributed by atoms with van der Waals surface area (Å²) in [7, 11) is 0. The molecular weight excluding hydrogens is 323 g/mol. The van der Waals surface area contributed by atoms with Crippen molar-refractivity contribution in [2.45, 2.75) is 44.3 Å². The summed E-state index contributed by atoms with van der Waals surface area (Å²) in [6, 6.07) is 4.79. The lowest BCUT2D eigenvalue weighted by Crippen LogP contribution is -2.44. The van der Waals surface area contributed by atoms with Crippen molar-refractivity contribution in [3.05, 3.63) is 35.4 Å². The smallest absolute Gasteiger partial charge is 0.345 e. The van der Waals surface area contributed by atoms with Crippen molar-refractivity contribution in [1.29, 1.82) is 0 Å². The van der Waals surface area contributed by atoms with Gasteiger partial charge in [-0.1, -0.05) is 37.5 Å². The van der Waals surface area contributed by atoms with Gasteiger partial charge in [-0.3, -0.25) is 9.59 Å². The quantitative estimate of drug-likeness (QED) is 0.504. The maximum Gasteiger partial charge on any atom is 0.417 e. The molecule has 24 heavy (non-hydrogen) atoms. The number of nitrogens with zero attached hydrogens (tertiary/aromatic N) is 1. The lowest BCUT2D eigenvalue weighted by Gasteiger charge is -2.22. The van der Waals surface area contributed by atoms with Gasteiger partial charge in [0.05, 0.1) is 11.8 Å². The standard InChI is InChI=1S/C16H18F3N3O2/c17-16(18,19)13-9-5-4-6-11(13)10-20-22-15(24)14(23)21-12-7-2-1-3-8-12/h4-6,9-10,12H,1-3,7-8H2,(H,21,23)(H,22,24). The molecule has 0 atom stereocenters. The van der Waals surface area contributed by atoms with E-state index in [9.17, 15) is 22.8 Å². The third kappa shape index (κ3) is 5.07. The fourth-order valence-corrected chi connectivity index (χ4v) is 2.58. The van der Waals surface area contributed by atoms with Crippen LogP contribution < -0.4 is 10.7 Å². The molecule has 0 heterocycles. The molecule has 1 aromatic carbocycles. The van der Waals surface area contributed by atoms with Gasteiger partial charge in [0, 0.05) is 11.6 Å². The number of amides is 2. The zero-order valence-electron chi connectivity index (χ0n) is 12.9. The first-order chi connectivity index (χ1) is 11.4. The van der Waals surface area contributed by atoms with E-state index < -0.39 is 23.6 Å². The number of nitrogens with one attached hydrogen (secondary N) is 2. The average molecular weight is 341 g/mol. The molecular formula is C16H18F3N3O2. The number of alkyl halides is 3. The Morgan fingerprint density at radius 3 is 2.42 bits per heavy atom. The van der Waals surface area contributed by atoms with Crippen molar-refractivity contribution in [2.24, 2.45) is 5.10 Å². The van der Waals surface area contributed by atoms with Crippen LogP contribution in [0.25, 0.3) is 0 Å². The predicted molar refractivity (Wildman–Crippen MR) is 82.2 cm³/mol. The molecule has 0 unspecified atom stereocenters. The van der Waals surface area contributed by atoms with Crippen molar-refractivity contribution in [3.8, 4) is 0 Å². The second-order valence-corrected chi connectivity index (χ2v) is 5.59. The molecule has 0 aliphatic heterocycles. The lowest BCUT2D eigenvalue weighted by atomic mass is 9.95. The number of hydrazone groups is 1. The molecule has 0 aromatic heterocycles. The van der Waals surface area contributed by atoms with Crippen LogP contribution in [0.2, 0.25) is 0 Å². The Kier molecular flexibility index (Phi) is 5.94. The Labute approximate surface area is 137 Å². The first-order valence-corrected chi connectivity index (χ1v) is 7.68. The molecule has 0 radical (unpaired) electrons. The van der Waals surface area contributed by atoms with E-state index >= 15 is 0 Å². The Hall–Kier alpha value is -2.38. The second-order valence-electron chi connectivity index (χ2n) is 5.59. The largest absolute Gasteiger partial charge is 0.417 e. The van der Waals surface area contributed by atoms with Gasteiger partial charge in [0.1, 0.15) is 0 Å². The number of benzene rings is 1. The summed E-state index contributed by atoms with van der Waals surface area (Å²) in [5.41, 5.74) is 0.888. The normalized spacial score (nSPS) is 16.1. The van der Waals surface area contributed by atoms with Crippen LogP contribution >= 0.6 is 0 Å². The van der Waals surface area contributed by atoms with E-state index in [2.05, 4.69) is 10.4 Å². The topological polar surface area (TPSA) is 70.6 Å². The van der Waals surface area contributed by atoms with E-state index in [0.29, 0.717) is 0 Å². The van der Waals surface area contributed by atoms with Gasteiger partial charge in [0.2, 0.25) is 0 Å². The van der Waals surface area contributed by atoms with Gasteiger partial charge in [-0.15, -0.1) is 0 Å². The molecule has 5 nitrogen and oxygen atoms in total. The second kappa shape index (κ2) is 7.94. The van der Waals surface area contributed by atoms with Crippen molar-refractivity contribution in [3.63, 3.8) is 0 Å². The van der Waals surface area contributed by atoms with E-state index in [0.717, 1.165) is 44.4 Å². The Morgan fingerprint density at radius 2 is 1.75 bits per heavy atom. The molecule has 0 saturated heterocycles. The Balaban J connectivity index is 1.91. The number of rotatable bonds is 3. The summed E-state index contributed by atoms with van der Waals surface area (Å²) in [6.07, 6.45) is 1.10. The Bertz CT molecular complexity index is 623. The van der Waals surface area contributed by atoms with Crippen LogP contribution in [0.1, 0.15) is 43.2 Å². The molecule has 0 bridgehead atoms. The predicted octanol–water partition coefficient (Wildman–Crippen LogP) is 2.60. The van der Waals surface area contributed by atoms with Crippen molar-refractivity contribution in [2.75, 3.05) is 0 Å². The first-order valence-electron chi connectivity index (χ1n) is 7.68. The highest BCUT2D eigenvalue weighted by molar-refractivity contribution is 6.35. The minimum Gasteiger partial charge on any atom is -0.345 e. The van der Waals surface area contributed by atoms with Crippen LogP contribution in [0.4, 0.5) is 13.2 Å². The SMILES string of the molecule is O=C(NN=Cc1ccccc1C(F)(F)F)C(=O)NC1CCCCC1. The molecule has 2 N–H and O–H groups in total. The lowest BCUT2D eigenvalue weighted by molar-refractivity contribution is -0.139. The molecule has 1 saturated carbocycles. The third-order valence-corrected chi connectivity index (χ3v) is 3.78. The molecule has 1 fully saturated rings. The summed E-state index contributed by atoms with van der Waals surface area (Å²) in [4.78, 5) is 23.3. The van der Waals surface area contributed by atoms with Crippen LogP contribution in [0.15, 0.2) is 29.4 Å². The molecule has 1 aromatic rings. The highest BCUT2D eigenvalue weighted by Gasteiger charge is 2.32. The zero-order valence-corrected chi connectivity index (χ0v) is 12.9. The van der Waals surface area contributed by atoms with Gasteiger partial charge in [-0.2, -0.15) is 18.3 Å². The zero-order chi connectivity index (χ0) is 17.6. The van der Waals surface area contributed by atoms with Crippen molar-refractivity contribution in [1.82, 2.24) is 10.7 Å². The molecule has 2 amide bonds.